The molecule has 0 fully saturated rings. The van der Waals surface area contributed by atoms with E-state index >= 15 is 0 Å². The maximum absolute atomic E-state index is 13.2. The van der Waals surface area contributed by atoms with Gasteiger partial charge in [-0.05, 0) is 23.3 Å². The average Bonchev–Trinajstić information content (AvgIpc) is 3.18. The highest BCUT2D eigenvalue weighted by molar-refractivity contribution is 6.00. The molecular weight excluding hydrogens is 332 g/mol. The maximum atomic E-state index is 13.2. The summed E-state index contributed by atoms with van der Waals surface area (Å²) in [5, 5.41) is 1.20. The molecule has 3 aromatic carbocycles. The van der Waals surface area contributed by atoms with E-state index in [0.717, 1.165) is 16.7 Å². The van der Waals surface area contributed by atoms with Crippen LogP contribution in [0.25, 0.3) is 10.9 Å². The van der Waals surface area contributed by atoms with E-state index in [9.17, 15) is 4.79 Å². The molecule has 2 heterocycles. The summed E-state index contributed by atoms with van der Waals surface area (Å²) in [5.74, 6) is 0.104. The number of hydrogen-bond donors (Lipinski definition) is 0. The summed E-state index contributed by atoms with van der Waals surface area (Å²) < 4.78 is 2.15. The summed E-state index contributed by atoms with van der Waals surface area (Å²) in [7, 11) is 2.07. The summed E-state index contributed by atoms with van der Waals surface area (Å²) in [4.78, 5) is 15.2. The molecule has 0 N–H and O–H groups in total. The van der Waals surface area contributed by atoms with Gasteiger partial charge < -0.3 is 9.47 Å². The number of aromatic nitrogens is 1. The molecule has 1 atom stereocenters. The van der Waals surface area contributed by atoms with Crippen LogP contribution in [0.4, 0.5) is 0 Å². The van der Waals surface area contributed by atoms with Crippen LogP contribution >= 0.6 is 0 Å². The molecule has 1 aliphatic rings. The van der Waals surface area contributed by atoms with E-state index in [1.54, 1.807) is 0 Å². The van der Waals surface area contributed by atoms with Crippen LogP contribution in [0.15, 0.2) is 85.1 Å². The van der Waals surface area contributed by atoms with Gasteiger partial charge in [0.2, 0.25) is 0 Å². The van der Waals surface area contributed by atoms with Crippen molar-refractivity contribution in [3.8, 4) is 0 Å². The molecule has 1 aliphatic heterocycles. The Morgan fingerprint density at radius 2 is 1.52 bits per heavy atom. The maximum Gasteiger partial charge on any atom is 0.255 e. The number of rotatable bonds is 3. The first-order valence-electron chi connectivity index (χ1n) is 9.22. The Morgan fingerprint density at radius 3 is 2.37 bits per heavy atom. The summed E-state index contributed by atoms with van der Waals surface area (Å²) in [6, 6.07) is 26.5. The first kappa shape index (κ1) is 15.9. The Bertz CT molecular complexity index is 1140. The smallest absolute Gasteiger partial charge is 0.255 e. The van der Waals surface area contributed by atoms with Crippen LogP contribution in [0.3, 0.4) is 0 Å². The van der Waals surface area contributed by atoms with E-state index in [2.05, 4.69) is 60.3 Å². The van der Waals surface area contributed by atoms with Gasteiger partial charge in [0.15, 0.2) is 0 Å². The van der Waals surface area contributed by atoms with E-state index in [1.165, 1.54) is 16.5 Å². The number of carbonyl (C=O) groups is 1. The molecule has 3 nitrogen and oxygen atoms in total. The number of fused-ring (bicyclic) bond motifs is 2. The number of aryl methyl sites for hydroxylation is 1. The Morgan fingerprint density at radius 1 is 0.815 bits per heavy atom. The fourth-order valence-corrected chi connectivity index (χ4v) is 4.24. The topological polar surface area (TPSA) is 25.2 Å². The van der Waals surface area contributed by atoms with Gasteiger partial charge in [-0.3, -0.25) is 4.79 Å². The predicted molar refractivity (Wildman–Crippen MR) is 108 cm³/mol. The quantitative estimate of drug-likeness (QED) is 0.513. The minimum absolute atomic E-state index is 0.0694. The number of carbonyl (C=O) groups excluding carboxylic acids is 1. The standard InChI is InChI=1S/C24H20N2O/c1-25-16-21(18-11-7-8-14-22(18)25)23-19-12-5-6-13-20(19)24(27)26(23)15-17-9-3-2-4-10-17/h2-14,16,23H,15H2,1H3. The molecule has 0 saturated carbocycles. The molecular formula is C24H20N2O. The monoisotopic (exact) mass is 352 g/mol. The fraction of sp³-hybridized carbons (Fsp3) is 0.125. The van der Waals surface area contributed by atoms with Crippen molar-refractivity contribution in [1.29, 1.82) is 0 Å². The second-order valence-corrected chi connectivity index (χ2v) is 7.12. The zero-order valence-corrected chi connectivity index (χ0v) is 15.2. The zero-order chi connectivity index (χ0) is 18.4. The largest absolute Gasteiger partial charge is 0.350 e. The fourth-order valence-electron chi connectivity index (χ4n) is 4.24. The van der Waals surface area contributed by atoms with Gasteiger partial charge in [0.25, 0.3) is 5.91 Å². The van der Waals surface area contributed by atoms with Crippen molar-refractivity contribution in [3.63, 3.8) is 0 Å². The summed E-state index contributed by atoms with van der Waals surface area (Å²) >= 11 is 0. The van der Waals surface area contributed by atoms with E-state index in [4.69, 9.17) is 0 Å². The number of benzene rings is 3. The third-order valence-corrected chi connectivity index (χ3v) is 5.48. The Kier molecular flexibility index (Phi) is 3.61. The number of amides is 1. The van der Waals surface area contributed by atoms with E-state index in [-0.39, 0.29) is 11.9 Å². The lowest BCUT2D eigenvalue weighted by molar-refractivity contribution is 0.0736. The van der Waals surface area contributed by atoms with Gasteiger partial charge in [-0.15, -0.1) is 0 Å². The number of hydrogen-bond acceptors (Lipinski definition) is 1. The predicted octanol–water partition coefficient (Wildman–Crippen LogP) is 4.92. The molecule has 0 radical (unpaired) electrons. The van der Waals surface area contributed by atoms with Crippen LogP contribution in [-0.4, -0.2) is 15.4 Å². The van der Waals surface area contributed by atoms with Crippen LogP contribution < -0.4 is 0 Å². The van der Waals surface area contributed by atoms with Crippen molar-refractivity contribution < 1.29 is 4.79 Å². The molecule has 0 aliphatic carbocycles. The lowest BCUT2D eigenvalue weighted by atomic mass is 9.97. The molecule has 3 heteroatoms. The molecule has 4 aromatic rings. The molecule has 132 valence electrons. The SMILES string of the molecule is Cn1cc(C2c3ccccc3C(=O)N2Cc2ccccc2)c2ccccc21. The van der Waals surface area contributed by atoms with E-state index in [0.29, 0.717) is 6.54 Å². The van der Waals surface area contributed by atoms with Gasteiger partial charge in [0, 0.05) is 41.8 Å². The second-order valence-electron chi connectivity index (χ2n) is 7.12. The summed E-state index contributed by atoms with van der Waals surface area (Å²) in [5.41, 5.74) is 5.41. The number of para-hydroxylation sites is 1. The minimum Gasteiger partial charge on any atom is -0.350 e. The van der Waals surface area contributed by atoms with Gasteiger partial charge in [0.05, 0.1) is 6.04 Å². The van der Waals surface area contributed by atoms with Crippen molar-refractivity contribution in [1.82, 2.24) is 9.47 Å². The average molecular weight is 352 g/mol. The van der Waals surface area contributed by atoms with Crippen LogP contribution in [0, 0.1) is 0 Å². The Hall–Kier alpha value is -3.33. The normalized spacial score (nSPS) is 16.1. The third-order valence-electron chi connectivity index (χ3n) is 5.48. The van der Waals surface area contributed by atoms with Gasteiger partial charge >= 0.3 is 0 Å². The molecule has 1 amide bonds. The van der Waals surface area contributed by atoms with Gasteiger partial charge in [-0.1, -0.05) is 66.7 Å². The lowest BCUT2D eigenvalue weighted by Gasteiger charge is -2.25. The first-order valence-corrected chi connectivity index (χ1v) is 9.22. The van der Waals surface area contributed by atoms with E-state index in [1.807, 2.05) is 41.3 Å². The third kappa shape index (κ3) is 2.47. The zero-order valence-electron chi connectivity index (χ0n) is 15.2. The van der Waals surface area contributed by atoms with E-state index < -0.39 is 0 Å². The van der Waals surface area contributed by atoms with Crippen LogP contribution in [0.2, 0.25) is 0 Å². The second kappa shape index (κ2) is 6.13. The highest BCUT2D eigenvalue weighted by atomic mass is 16.2. The molecule has 1 aromatic heterocycles. The lowest BCUT2D eigenvalue weighted by Crippen LogP contribution is -2.28. The highest BCUT2D eigenvalue weighted by Gasteiger charge is 2.38. The van der Waals surface area contributed by atoms with Gasteiger partial charge in [-0.2, -0.15) is 0 Å². The first-order chi connectivity index (χ1) is 13.2. The molecule has 27 heavy (non-hydrogen) atoms. The number of nitrogens with zero attached hydrogens (tertiary/aromatic N) is 2. The van der Waals surface area contributed by atoms with Crippen molar-refractivity contribution in [3.05, 3.63) is 107 Å². The van der Waals surface area contributed by atoms with Crippen molar-refractivity contribution in [2.24, 2.45) is 7.05 Å². The van der Waals surface area contributed by atoms with Crippen molar-refractivity contribution in [2.45, 2.75) is 12.6 Å². The Balaban J connectivity index is 1.69. The summed E-state index contributed by atoms with van der Waals surface area (Å²) in [6.45, 7) is 0.599. The highest BCUT2D eigenvalue weighted by Crippen LogP contribution is 2.42. The van der Waals surface area contributed by atoms with Crippen molar-refractivity contribution >= 4 is 16.8 Å². The summed E-state index contributed by atoms with van der Waals surface area (Å²) in [6.07, 6.45) is 2.17. The molecule has 1 unspecified atom stereocenters. The molecule has 0 saturated heterocycles. The molecule has 0 spiro atoms. The van der Waals surface area contributed by atoms with Gasteiger partial charge in [0.1, 0.15) is 0 Å². The van der Waals surface area contributed by atoms with Gasteiger partial charge in [-0.25, -0.2) is 0 Å². The van der Waals surface area contributed by atoms with Crippen LogP contribution in [0.5, 0.6) is 0 Å². The minimum atomic E-state index is -0.0694. The Labute approximate surface area is 158 Å². The molecule has 5 rings (SSSR count). The van der Waals surface area contributed by atoms with Crippen LogP contribution in [0.1, 0.15) is 33.1 Å². The van der Waals surface area contributed by atoms with Crippen molar-refractivity contribution in [2.75, 3.05) is 0 Å². The molecule has 0 bridgehead atoms. The van der Waals surface area contributed by atoms with Crippen LogP contribution in [-0.2, 0) is 13.6 Å².